The van der Waals surface area contributed by atoms with Crippen LogP contribution in [-0.4, -0.2) is 40.2 Å². The molecule has 0 fully saturated rings. The van der Waals surface area contributed by atoms with Gasteiger partial charge in [-0.15, -0.1) is 10.2 Å². The fourth-order valence-corrected chi connectivity index (χ4v) is 2.17. The quantitative estimate of drug-likeness (QED) is 0.729. The number of nitrogens with one attached hydrogen (secondary N) is 3. The second-order valence-corrected chi connectivity index (χ2v) is 4.98. The van der Waals surface area contributed by atoms with Crippen molar-refractivity contribution in [3.63, 3.8) is 0 Å². The van der Waals surface area contributed by atoms with E-state index in [-0.39, 0.29) is 5.91 Å². The van der Waals surface area contributed by atoms with Gasteiger partial charge in [-0.1, -0.05) is 6.92 Å². The molecule has 2 heterocycles. The maximum Gasteiger partial charge on any atom is 0.271 e. The first-order valence-electron chi connectivity index (χ1n) is 7.42. The minimum absolute atomic E-state index is 0.241. The van der Waals surface area contributed by atoms with E-state index in [9.17, 15) is 4.79 Å². The molecule has 23 heavy (non-hydrogen) atoms. The van der Waals surface area contributed by atoms with Crippen LogP contribution in [0.5, 0.6) is 0 Å². The highest BCUT2D eigenvalue weighted by molar-refractivity contribution is 5.93. The van der Waals surface area contributed by atoms with Gasteiger partial charge in [0, 0.05) is 19.7 Å². The molecule has 0 saturated heterocycles. The summed E-state index contributed by atoms with van der Waals surface area (Å²) < 4.78 is 0. The van der Waals surface area contributed by atoms with E-state index in [1.165, 1.54) is 0 Å². The van der Waals surface area contributed by atoms with E-state index in [0.29, 0.717) is 36.1 Å². The van der Waals surface area contributed by atoms with Crippen LogP contribution in [0.3, 0.4) is 0 Å². The molecule has 0 aliphatic rings. The lowest BCUT2D eigenvalue weighted by molar-refractivity contribution is 0.0956. The zero-order valence-corrected chi connectivity index (χ0v) is 13.8. The number of aryl methyl sites for hydroxylation is 2. The van der Waals surface area contributed by atoms with E-state index in [2.05, 4.69) is 36.1 Å². The summed E-state index contributed by atoms with van der Waals surface area (Å²) in [7, 11) is 3.43. The SMILES string of the molecule is CCc1cc(Nc2cc(CNC)nc(C)n2)nnc1C(=O)NC. The number of carbonyl (C=O) groups is 1. The first-order chi connectivity index (χ1) is 11.1. The molecule has 0 radical (unpaired) electrons. The third-order valence-corrected chi connectivity index (χ3v) is 3.20. The van der Waals surface area contributed by atoms with Crippen LogP contribution in [0.4, 0.5) is 11.6 Å². The minimum atomic E-state index is -0.241. The van der Waals surface area contributed by atoms with Crippen LogP contribution >= 0.6 is 0 Å². The van der Waals surface area contributed by atoms with E-state index in [1.807, 2.05) is 33.0 Å². The number of anilines is 2. The predicted octanol–water partition coefficient (Wildman–Crippen LogP) is 0.960. The summed E-state index contributed by atoms with van der Waals surface area (Å²) in [6, 6.07) is 3.66. The highest BCUT2D eigenvalue weighted by Crippen LogP contribution is 2.16. The van der Waals surface area contributed by atoms with Gasteiger partial charge in [-0.2, -0.15) is 0 Å². The Bertz CT molecular complexity index is 702. The van der Waals surface area contributed by atoms with E-state index in [0.717, 1.165) is 11.3 Å². The van der Waals surface area contributed by atoms with Crippen molar-refractivity contribution >= 4 is 17.5 Å². The van der Waals surface area contributed by atoms with Crippen LogP contribution in [0.15, 0.2) is 12.1 Å². The zero-order chi connectivity index (χ0) is 16.8. The van der Waals surface area contributed by atoms with Crippen molar-refractivity contribution in [1.29, 1.82) is 0 Å². The maximum atomic E-state index is 11.8. The Kier molecular flexibility index (Phi) is 5.53. The Labute approximate surface area is 135 Å². The van der Waals surface area contributed by atoms with Gasteiger partial charge in [-0.05, 0) is 32.0 Å². The lowest BCUT2D eigenvalue weighted by atomic mass is 10.1. The Morgan fingerprint density at radius 3 is 2.57 bits per heavy atom. The third-order valence-electron chi connectivity index (χ3n) is 3.20. The Morgan fingerprint density at radius 1 is 1.13 bits per heavy atom. The Balaban J connectivity index is 2.28. The molecule has 0 aromatic carbocycles. The van der Waals surface area contributed by atoms with Gasteiger partial charge in [0.2, 0.25) is 0 Å². The summed E-state index contributed by atoms with van der Waals surface area (Å²) in [6.07, 6.45) is 0.681. The average Bonchev–Trinajstić information content (AvgIpc) is 2.53. The average molecular weight is 315 g/mol. The monoisotopic (exact) mass is 315 g/mol. The number of aromatic nitrogens is 4. The van der Waals surface area contributed by atoms with Crippen LogP contribution in [-0.2, 0) is 13.0 Å². The van der Waals surface area contributed by atoms with E-state index in [4.69, 9.17) is 0 Å². The summed E-state index contributed by atoms with van der Waals surface area (Å²) in [5, 5.41) is 16.8. The van der Waals surface area contributed by atoms with Crippen molar-refractivity contribution < 1.29 is 4.79 Å². The molecule has 8 nitrogen and oxygen atoms in total. The molecule has 2 aromatic rings. The van der Waals surface area contributed by atoms with Crippen molar-refractivity contribution in [2.24, 2.45) is 0 Å². The molecule has 0 atom stereocenters. The lowest BCUT2D eigenvalue weighted by Crippen LogP contribution is -2.22. The molecule has 0 bridgehead atoms. The molecule has 2 aromatic heterocycles. The number of amides is 1. The number of rotatable bonds is 6. The number of hydrogen-bond donors (Lipinski definition) is 3. The summed E-state index contributed by atoms with van der Waals surface area (Å²) in [5.41, 5.74) is 2.05. The van der Waals surface area contributed by atoms with E-state index in [1.54, 1.807) is 7.05 Å². The Hall–Kier alpha value is -2.61. The first kappa shape index (κ1) is 16.8. The lowest BCUT2D eigenvalue weighted by Gasteiger charge is -2.10. The fourth-order valence-electron chi connectivity index (χ4n) is 2.17. The molecule has 0 unspecified atom stereocenters. The van der Waals surface area contributed by atoms with E-state index < -0.39 is 0 Å². The van der Waals surface area contributed by atoms with Crippen molar-refractivity contribution in [3.05, 3.63) is 34.9 Å². The first-order valence-corrected chi connectivity index (χ1v) is 7.42. The van der Waals surface area contributed by atoms with Gasteiger partial charge in [0.15, 0.2) is 11.5 Å². The molecular formula is C15H21N7O. The van der Waals surface area contributed by atoms with Gasteiger partial charge in [0.1, 0.15) is 11.6 Å². The van der Waals surface area contributed by atoms with Crippen LogP contribution in [0.2, 0.25) is 0 Å². The van der Waals surface area contributed by atoms with Gasteiger partial charge in [-0.25, -0.2) is 9.97 Å². The van der Waals surface area contributed by atoms with Crippen LogP contribution in [0.25, 0.3) is 0 Å². The highest BCUT2D eigenvalue weighted by atomic mass is 16.1. The Morgan fingerprint density at radius 2 is 1.91 bits per heavy atom. The molecule has 8 heteroatoms. The molecule has 0 saturated carbocycles. The second-order valence-electron chi connectivity index (χ2n) is 4.98. The summed E-state index contributed by atoms with van der Waals surface area (Å²) in [6.45, 7) is 4.45. The number of carbonyl (C=O) groups excluding carboxylic acids is 1. The summed E-state index contributed by atoms with van der Waals surface area (Å²) >= 11 is 0. The third kappa shape index (κ3) is 4.19. The van der Waals surface area contributed by atoms with Gasteiger partial charge in [-0.3, -0.25) is 4.79 Å². The van der Waals surface area contributed by atoms with E-state index >= 15 is 0 Å². The van der Waals surface area contributed by atoms with Crippen LogP contribution < -0.4 is 16.0 Å². The molecule has 2 rings (SSSR count). The predicted molar refractivity (Wildman–Crippen MR) is 87.6 cm³/mol. The molecule has 1 amide bonds. The molecule has 122 valence electrons. The van der Waals surface area contributed by atoms with Gasteiger partial charge >= 0.3 is 0 Å². The van der Waals surface area contributed by atoms with Gasteiger partial charge in [0.25, 0.3) is 5.91 Å². The molecule has 0 aliphatic heterocycles. The fraction of sp³-hybridized carbons (Fsp3) is 0.400. The van der Waals surface area contributed by atoms with Gasteiger partial charge < -0.3 is 16.0 Å². The normalized spacial score (nSPS) is 10.4. The largest absolute Gasteiger partial charge is 0.354 e. The second kappa shape index (κ2) is 7.59. The molecule has 0 aliphatic carbocycles. The summed E-state index contributed by atoms with van der Waals surface area (Å²) in [5.74, 6) is 1.62. The highest BCUT2D eigenvalue weighted by Gasteiger charge is 2.13. The van der Waals surface area contributed by atoms with Gasteiger partial charge in [0.05, 0.1) is 5.69 Å². The number of hydrogen-bond acceptors (Lipinski definition) is 7. The molecular weight excluding hydrogens is 294 g/mol. The zero-order valence-electron chi connectivity index (χ0n) is 13.8. The van der Waals surface area contributed by atoms with Crippen LogP contribution in [0.1, 0.15) is 34.5 Å². The maximum absolute atomic E-state index is 11.8. The summed E-state index contributed by atoms with van der Waals surface area (Å²) in [4.78, 5) is 20.5. The van der Waals surface area contributed by atoms with Crippen molar-refractivity contribution in [1.82, 2.24) is 30.8 Å². The number of nitrogens with zero attached hydrogens (tertiary/aromatic N) is 4. The van der Waals surface area contributed by atoms with Crippen molar-refractivity contribution in [3.8, 4) is 0 Å². The standard InChI is InChI=1S/C15H21N7O/c1-5-10-6-13(21-22-14(10)15(23)17-4)20-12-7-11(8-16-3)18-9(2)19-12/h6-7,16H,5,8H2,1-4H3,(H,17,23)(H,18,19,20,21). The van der Waals surface area contributed by atoms with Crippen LogP contribution in [0, 0.1) is 6.92 Å². The van der Waals surface area contributed by atoms with Crippen molar-refractivity contribution in [2.45, 2.75) is 26.8 Å². The topological polar surface area (TPSA) is 105 Å². The van der Waals surface area contributed by atoms with Crippen molar-refractivity contribution in [2.75, 3.05) is 19.4 Å². The molecule has 3 N–H and O–H groups in total. The smallest absolute Gasteiger partial charge is 0.271 e. The minimum Gasteiger partial charge on any atom is -0.354 e. The molecule has 0 spiro atoms.